The fraction of sp³-hybridized carbons (Fsp3) is 0. The zero-order valence-corrected chi connectivity index (χ0v) is 9.45. The summed E-state index contributed by atoms with van der Waals surface area (Å²) in [6.45, 7) is 0. The van der Waals surface area contributed by atoms with E-state index < -0.39 is 5.97 Å². The molecule has 0 aliphatic heterocycles. The second-order valence-electron chi connectivity index (χ2n) is 3.64. The summed E-state index contributed by atoms with van der Waals surface area (Å²) in [7, 11) is 0. The number of benzene rings is 2. The van der Waals surface area contributed by atoms with E-state index in [4.69, 9.17) is 5.11 Å². The van der Waals surface area contributed by atoms with Gasteiger partial charge in [-0.2, -0.15) is 0 Å². The van der Waals surface area contributed by atoms with Crippen molar-refractivity contribution in [3.05, 3.63) is 59.7 Å². The van der Waals surface area contributed by atoms with E-state index in [0.717, 1.165) is 0 Å². The van der Waals surface area contributed by atoms with Gasteiger partial charge in [-0.05, 0) is 24.3 Å². The lowest BCUT2D eigenvalue weighted by molar-refractivity contribution is 0.0698. The van der Waals surface area contributed by atoms with Gasteiger partial charge in [0, 0.05) is 11.8 Å². The molecule has 90 valence electrons. The molecule has 4 heteroatoms. The van der Waals surface area contributed by atoms with E-state index in [9.17, 15) is 9.90 Å². The van der Waals surface area contributed by atoms with Gasteiger partial charge in [0.25, 0.3) is 0 Å². The first-order chi connectivity index (χ1) is 8.68. The highest BCUT2D eigenvalue weighted by Crippen LogP contribution is 2.20. The number of para-hydroxylation sites is 2. The van der Waals surface area contributed by atoms with Gasteiger partial charge in [-0.25, -0.2) is 4.79 Å². The van der Waals surface area contributed by atoms with Gasteiger partial charge in [-0.15, -0.1) is 0 Å². The highest BCUT2D eigenvalue weighted by Gasteiger charge is 2.07. The van der Waals surface area contributed by atoms with Crippen LogP contribution in [-0.4, -0.2) is 22.4 Å². The fourth-order valence-electron chi connectivity index (χ4n) is 1.50. The number of carbonyl (C=O) groups is 1. The van der Waals surface area contributed by atoms with Gasteiger partial charge < -0.3 is 10.2 Å². The van der Waals surface area contributed by atoms with Crippen LogP contribution in [0, 0.1) is 0 Å². The standard InChI is InChI=1S/C14H11NO3/c16-13-8-4-1-5-10(13)9-15-12-7-3-2-6-11(12)14(17)18/h1-9,16H,(H,17,18)/b15-9+. The van der Waals surface area contributed by atoms with Crippen LogP contribution < -0.4 is 0 Å². The molecule has 2 aromatic carbocycles. The Balaban J connectivity index is 2.35. The van der Waals surface area contributed by atoms with E-state index in [1.807, 2.05) is 0 Å². The van der Waals surface area contributed by atoms with Crippen LogP contribution in [0.15, 0.2) is 53.5 Å². The Morgan fingerprint density at radius 3 is 2.44 bits per heavy atom. The van der Waals surface area contributed by atoms with Crippen molar-refractivity contribution in [3.8, 4) is 5.75 Å². The summed E-state index contributed by atoms with van der Waals surface area (Å²) in [5, 5.41) is 18.6. The minimum atomic E-state index is -1.03. The predicted octanol–water partition coefficient (Wildman–Crippen LogP) is 2.84. The first-order valence-electron chi connectivity index (χ1n) is 5.33. The largest absolute Gasteiger partial charge is 0.507 e. The molecule has 2 N–H and O–H groups in total. The Morgan fingerprint density at radius 2 is 1.72 bits per heavy atom. The van der Waals surface area contributed by atoms with Gasteiger partial charge in [0.2, 0.25) is 0 Å². The van der Waals surface area contributed by atoms with E-state index in [0.29, 0.717) is 11.3 Å². The number of aromatic hydroxyl groups is 1. The summed E-state index contributed by atoms with van der Waals surface area (Å²) in [5.74, 6) is -0.922. The maximum Gasteiger partial charge on any atom is 0.337 e. The van der Waals surface area contributed by atoms with Crippen molar-refractivity contribution >= 4 is 17.9 Å². The molecule has 0 fully saturated rings. The lowest BCUT2D eigenvalue weighted by Crippen LogP contribution is -1.96. The number of hydrogen-bond acceptors (Lipinski definition) is 3. The van der Waals surface area contributed by atoms with Gasteiger partial charge in [0.1, 0.15) is 5.75 Å². The molecule has 0 bridgehead atoms. The normalized spacial score (nSPS) is 10.7. The van der Waals surface area contributed by atoms with E-state index in [1.54, 1.807) is 42.5 Å². The number of carboxylic acids is 1. The SMILES string of the molecule is O=C(O)c1ccccc1/N=C/c1ccccc1O. The maximum atomic E-state index is 11.0. The molecular formula is C14H11NO3. The molecule has 0 aliphatic rings. The number of hydrogen-bond donors (Lipinski definition) is 2. The Kier molecular flexibility index (Phi) is 3.38. The maximum absolute atomic E-state index is 11.0. The zero-order chi connectivity index (χ0) is 13.0. The molecule has 18 heavy (non-hydrogen) atoms. The molecule has 0 radical (unpaired) electrons. The molecule has 0 spiro atoms. The molecule has 0 saturated heterocycles. The monoisotopic (exact) mass is 241 g/mol. The minimum absolute atomic E-state index is 0.106. The highest BCUT2D eigenvalue weighted by atomic mass is 16.4. The summed E-state index contributed by atoms with van der Waals surface area (Å²) >= 11 is 0. The summed E-state index contributed by atoms with van der Waals surface area (Å²) < 4.78 is 0. The smallest absolute Gasteiger partial charge is 0.337 e. The quantitative estimate of drug-likeness (QED) is 0.812. The minimum Gasteiger partial charge on any atom is -0.507 e. The Labute approximate surface area is 104 Å². The second-order valence-corrected chi connectivity index (χ2v) is 3.64. The highest BCUT2D eigenvalue weighted by molar-refractivity contribution is 5.95. The third-order valence-corrected chi connectivity index (χ3v) is 2.41. The number of carboxylic acid groups (broad SMARTS) is 1. The molecule has 0 aromatic heterocycles. The third-order valence-electron chi connectivity index (χ3n) is 2.41. The van der Waals surface area contributed by atoms with Crippen LogP contribution in [0.1, 0.15) is 15.9 Å². The number of phenolic OH excluding ortho intramolecular Hbond substituents is 1. The van der Waals surface area contributed by atoms with Gasteiger partial charge in [0.05, 0.1) is 11.3 Å². The first kappa shape index (κ1) is 11.9. The number of aromatic carboxylic acids is 1. The molecule has 4 nitrogen and oxygen atoms in total. The first-order valence-corrected chi connectivity index (χ1v) is 5.33. The molecule has 0 heterocycles. The molecule has 0 atom stereocenters. The Bertz CT molecular complexity index is 605. The van der Waals surface area contributed by atoms with E-state index >= 15 is 0 Å². The van der Waals surface area contributed by atoms with Crippen molar-refractivity contribution in [1.82, 2.24) is 0 Å². The molecule has 0 amide bonds. The average molecular weight is 241 g/mol. The molecule has 0 unspecified atom stereocenters. The molecule has 0 saturated carbocycles. The van der Waals surface area contributed by atoms with Crippen LogP contribution in [0.5, 0.6) is 5.75 Å². The van der Waals surface area contributed by atoms with Crippen molar-refractivity contribution in [2.75, 3.05) is 0 Å². The number of nitrogens with zero attached hydrogens (tertiary/aromatic N) is 1. The molecule has 0 aliphatic carbocycles. The molecule has 2 rings (SSSR count). The van der Waals surface area contributed by atoms with Crippen LogP contribution in [0.3, 0.4) is 0 Å². The van der Waals surface area contributed by atoms with Gasteiger partial charge >= 0.3 is 5.97 Å². The lowest BCUT2D eigenvalue weighted by atomic mass is 10.2. The number of rotatable bonds is 3. The van der Waals surface area contributed by atoms with E-state index in [-0.39, 0.29) is 11.3 Å². The topological polar surface area (TPSA) is 69.9 Å². The van der Waals surface area contributed by atoms with Crippen LogP contribution in [0.4, 0.5) is 5.69 Å². The van der Waals surface area contributed by atoms with Gasteiger partial charge in [-0.3, -0.25) is 4.99 Å². The fourth-order valence-corrected chi connectivity index (χ4v) is 1.50. The number of aliphatic imine (C=N–C) groups is 1. The van der Waals surface area contributed by atoms with E-state index in [2.05, 4.69) is 4.99 Å². The van der Waals surface area contributed by atoms with Gasteiger partial charge in [0.15, 0.2) is 0 Å². The van der Waals surface area contributed by atoms with Crippen LogP contribution in [0.25, 0.3) is 0 Å². The van der Waals surface area contributed by atoms with Crippen LogP contribution in [0.2, 0.25) is 0 Å². The Morgan fingerprint density at radius 1 is 1.06 bits per heavy atom. The van der Waals surface area contributed by atoms with Gasteiger partial charge in [-0.1, -0.05) is 24.3 Å². The predicted molar refractivity (Wildman–Crippen MR) is 68.8 cm³/mol. The van der Waals surface area contributed by atoms with Crippen molar-refractivity contribution < 1.29 is 15.0 Å². The summed E-state index contributed by atoms with van der Waals surface area (Å²) in [5.41, 5.74) is 1.02. The van der Waals surface area contributed by atoms with Crippen molar-refractivity contribution in [3.63, 3.8) is 0 Å². The van der Waals surface area contributed by atoms with Crippen molar-refractivity contribution in [1.29, 1.82) is 0 Å². The molecular weight excluding hydrogens is 230 g/mol. The van der Waals surface area contributed by atoms with E-state index in [1.165, 1.54) is 12.3 Å². The molecule has 2 aromatic rings. The summed E-state index contributed by atoms with van der Waals surface area (Å²) in [6, 6.07) is 13.2. The summed E-state index contributed by atoms with van der Waals surface area (Å²) in [4.78, 5) is 15.1. The number of phenols is 1. The van der Waals surface area contributed by atoms with Crippen molar-refractivity contribution in [2.45, 2.75) is 0 Å². The second kappa shape index (κ2) is 5.14. The third kappa shape index (κ3) is 2.55. The average Bonchev–Trinajstić information content (AvgIpc) is 2.38. The Hall–Kier alpha value is -2.62. The zero-order valence-electron chi connectivity index (χ0n) is 9.45. The lowest BCUT2D eigenvalue weighted by Gasteiger charge is -2.00. The van der Waals surface area contributed by atoms with Crippen LogP contribution in [-0.2, 0) is 0 Å². The van der Waals surface area contributed by atoms with Crippen molar-refractivity contribution in [2.24, 2.45) is 4.99 Å². The van der Waals surface area contributed by atoms with Crippen LogP contribution >= 0.6 is 0 Å². The summed E-state index contributed by atoms with van der Waals surface area (Å²) in [6.07, 6.45) is 1.44.